The zero-order chi connectivity index (χ0) is 9.03. The Labute approximate surface area is 73.0 Å². The van der Waals surface area contributed by atoms with Crippen LogP contribution < -0.4 is 5.32 Å². The fourth-order valence-electron chi connectivity index (χ4n) is 0.894. The van der Waals surface area contributed by atoms with Gasteiger partial charge in [-0.1, -0.05) is 0 Å². The molecule has 68 valence electrons. The molecule has 1 heterocycles. The molecule has 0 amide bonds. The van der Waals surface area contributed by atoms with Crippen molar-refractivity contribution in [3.8, 4) is 0 Å². The van der Waals surface area contributed by atoms with E-state index in [1.54, 1.807) is 12.7 Å². The molecule has 0 aliphatic carbocycles. The highest BCUT2D eigenvalue weighted by Crippen LogP contribution is 1.97. The Hall–Kier alpha value is -0.900. The Morgan fingerprint density at radius 1 is 1.42 bits per heavy atom. The van der Waals surface area contributed by atoms with Crippen LogP contribution in [0.25, 0.3) is 0 Å². The van der Waals surface area contributed by atoms with Crippen LogP contribution in [-0.4, -0.2) is 26.8 Å². The molecular weight excluding hydrogens is 152 g/mol. The van der Waals surface area contributed by atoms with Crippen LogP contribution in [0, 0.1) is 0 Å². The predicted molar refractivity (Wildman–Crippen MR) is 47.8 cm³/mol. The minimum atomic E-state index is 0.181. The largest absolute Gasteiger partial charge is 0.310 e. The summed E-state index contributed by atoms with van der Waals surface area (Å²) in [4.78, 5) is 3.86. The Bertz CT molecular complexity index is 209. The third kappa shape index (κ3) is 3.48. The van der Waals surface area contributed by atoms with Gasteiger partial charge < -0.3 is 5.32 Å². The van der Waals surface area contributed by atoms with E-state index in [0.717, 1.165) is 13.1 Å². The molecule has 0 atom stereocenters. The van der Waals surface area contributed by atoms with Gasteiger partial charge in [0.1, 0.15) is 12.7 Å². The standard InChI is InChI=1S/C8H16N4/c1-8(2,3)10-4-5-12-7-9-6-11-12/h6-7,10H,4-5H2,1-3H3. The van der Waals surface area contributed by atoms with Crippen LogP contribution in [0.1, 0.15) is 20.8 Å². The molecule has 0 radical (unpaired) electrons. The molecule has 0 aliphatic rings. The molecular formula is C8H16N4. The van der Waals surface area contributed by atoms with Gasteiger partial charge in [-0.15, -0.1) is 0 Å². The summed E-state index contributed by atoms with van der Waals surface area (Å²) in [5.74, 6) is 0. The van der Waals surface area contributed by atoms with Crippen LogP contribution in [0.3, 0.4) is 0 Å². The van der Waals surface area contributed by atoms with Crippen LogP contribution in [-0.2, 0) is 6.54 Å². The highest BCUT2D eigenvalue weighted by Gasteiger charge is 2.07. The number of nitrogens with zero attached hydrogens (tertiary/aromatic N) is 3. The third-order valence-electron chi connectivity index (χ3n) is 1.46. The second-order valence-electron chi connectivity index (χ2n) is 3.84. The Balaban J connectivity index is 2.20. The average molecular weight is 168 g/mol. The van der Waals surface area contributed by atoms with Gasteiger partial charge in [0.25, 0.3) is 0 Å². The lowest BCUT2D eigenvalue weighted by atomic mass is 10.1. The number of hydrogen-bond acceptors (Lipinski definition) is 3. The van der Waals surface area contributed by atoms with Gasteiger partial charge in [0, 0.05) is 12.1 Å². The first-order valence-electron chi connectivity index (χ1n) is 4.15. The zero-order valence-corrected chi connectivity index (χ0v) is 7.91. The van der Waals surface area contributed by atoms with E-state index in [9.17, 15) is 0 Å². The van der Waals surface area contributed by atoms with Gasteiger partial charge in [0.05, 0.1) is 6.54 Å². The molecule has 0 fully saturated rings. The van der Waals surface area contributed by atoms with Crippen molar-refractivity contribution in [1.29, 1.82) is 0 Å². The summed E-state index contributed by atoms with van der Waals surface area (Å²) >= 11 is 0. The first kappa shape index (κ1) is 9.19. The van der Waals surface area contributed by atoms with Crippen molar-refractivity contribution in [2.75, 3.05) is 6.54 Å². The second kappa shape index (κ2) is 3.67. The Morgan fingerprint density at radius 2 is 2.17 bits per heavy atom. The average Bonchev–Trinajstić information content (AvgIpc) is 2.36. The smallest absolute Gasteiger partial charge is 0.137 e. The summed E-state index contributed by atoms with van der Waals surface area (Å²) in [6, 6.07) is 0. The molecule has 1 rings (SSSR count). The molecule has 0 aromatic carbocycles. The molecule has 1 N–H and O–H groups in total. The van der Waals surface area contributed by atoms with Crippen LogP contribution in [0.5, 0.6) is 0 Å². The van der Waals surface area contributed by atoms with E-state index in [1.165, 1.54) is 0 Å². The van der Waals surface area contributed by atoms with Gasteiger partial charge in [-0.3, -0.25) is 4.68 Å². The first-order valence-corrected chi connectivity index (χ1v) is 4.15. The summed E-state index contributed by atoms with van der Waals surface area (Å²) in [7, 11) is 0. The predicted octanol–water partition coefficient (Wildman–Crippen LogP) is 0.666. The van der Waals surface area contributed by atoms with E-state index in [0.29, 0.717) is 0 Å². The van der Waals surface area contributed by atoms with Crippen LogP contribution >= 0.6 is 0 Å². The summed E-state index contributed by atoms with van der Waals surface area (Å²) in [5.41, 5.74) is 0.181. The number of aromatic nitrogens is 3. The van der Waals surface area contributed by atoms with Crippen LogP contribution in [0.15, 0.2) is 12.7 Å². The van der Waals surface area contributed by atoms with E-state index in [2.05, 4.69) is 36.2 Å². The van der Waals surface area contributed by atoms with E-state index >= 15 is 0 Å². The lowest BCUT2D eigenvalue weighted by molar-refractivity contribution is 0.405. The molecule has 1 aromatic rings. The quantitative estimate of drug-likeness (QED) is 0.721. The van der Waals surface area contributed by atoms with Crippen LogP contribution in [0.2, 0.25) is 0 Å². The molecule has 12 heavy (non-hydrogen) atoms. The molecule has 0 spiro atoms. The van der Waals surface area contributed by atoms with E-state index in [-0.39, 0.29) is 5.54 Å². The summed E-state index contributed by atoms with van der Waals surface area (Å²) in [5, 5.41) is 7.37. The summed E-state index contributed by atoms with van der Waals surface area (Å²) < 4.78 is 1.82. The number of rotatable bonds is 3. The fraction of sp³-hybridized carbons (Fsp3) is 0.750. The number of hydrogen-bond donors (Lipinski definition) is 1. The van der Waals surface area contributed by atoms with Crippen molar-refractivity contribution in [1.82, 2.24) is 20.1 Å². The summed E-state index contributed by atoms with van der Waals surface area (Å²) in [6.45, 7) is 8.24. The maximum atomic E-state index is 4.00. The molecule has 0 saturated heterocycles. The van der Waals surface area contributed by atoms with E-state index in [4.69, 9.17) is 0 Å². The molecule has 1 aromatic heterocycles. The van der Waals surface area contributed by atoms with Gasteiger partial charge in [0.15, 0.2) is 0 Å². The topological polar surface area (TPSA) is 42.7 Å². The maximum Gasteiger partial charge on any atom is 0.137 e. The van der Waals surface area contributed by atoms with Gasteiger partial charge in [0.2, 0.25) is 0 Å². The normalized spacial score (nSPS) is 11.9. The van der Waals surface area contributed by atoms with Gasteiger partial charge in [-0.2, -0.15) is 5.10 Å². The van der Waals surface area contributed by atoms with Gasteiger partial charge >= 0.3 is 0 Å². The van der Waals surface area contributed by atoms with Crippen molar-refractivity contribution in [3.63, 3.8) is 0 Å². The van der Waals surface area contributed by atoms with Crippen molar-refractivity contribution >= 4 is 0 Å². The molecule has 0 aliphatic heterocycles. The van der Waals surface area contributed by atoms with Gasteiger partial charge in [-0.05, 0) is 20.8 Å². The highest BCUT2D eigenvalue weighted by molar-refractivity contribution is 4.69. The molecule has 0 saturated carbocycles. The molecule has 0 bridgehead atoms. The van der Waals surface area contributed by atoms with Crippen molar-refractivity contribution in [3.05, 3.63) is 12.7 Å². The highest BCUT2D eigenvalue weighted by atomic mass is 15.3. The first-order chi connectivity index (χ1) is 5.58. The third-order valence-corrected chi connectivity index (χ3v) is 1.46. The van der Waals surface area contributed by atoms with Crippen molar-refractivity contribution in [2.24, 2.45) is 0 Å². The molecule has 0 unspecified atom stereocenters. The van der Waals surface area contributed by atoms with Crippen molar-refractivity contribution in [2.45, 2.75) is 32.9 Å². The Morgan fingerprint density at radius 3 is 2.67 bits per heavy atom. The van der Waals surface area contributed by atoms with Crippen LogP contribution in [0.4, 0.5) is 0 Å². The minimum absolute atomic E-state index is 0.181. The summed E-state index contributed by atoms with van der Waals surface area (Å²) in [6.07, 6.45) is 3.28. The SMILES string of the molecule is CC(C)(C)NCCn1cncn1. The lowest BCUT2D eigenvalue weighted by Crippen LogP contribution is -2.37. The van der Waals surface area contributed by atoms with Gasteiger partial charge in [-0.25, -0.2) is 4.98 Å². The van der Waals surface area contributed by atoms with Crippen molar-refractivity contribution < 1.29 is 0 Å². The monoisotopic (exact) mass is 168 g/mol. The maximum absolute atomic E-state index is 4.00. The molecule has 4 nitrogen and oxygen atoms in total. The van der Waals surface area contributed by atoms with E-state index < -0.39 is 0 Å². The lowest BCUT2D eigenvalue weighted by Gasteiger charge is -2.20. The second-order valence-corrected chi connectivity index (χ2v) is 3.84. The number of nitrogens with one attached hydrogen (secondary N) is 1. The fourth-order valence-corrected chi connectivity index (χ4v) is 0.894. The minimum Gasteiger partial charge on any atom is -0.310 e. The van der Waals surface area contributed by atoms with E-state index in [1.807, 2.05) is 4.68 Å². The Kier molecular flexibility index (Phi) is 2.81. The zero-order valence-electron chi connectivity index (χ0n) is 7.91. The molecule has 4 heteroatoms.